The largest absolute Gasteiger partial charge is 0.496 e. The molecular weight excluding hydrogens is 684 g/mol. The Bertz CT molecular complexity index is 1900. The Kier molecular flexibility index (Phi) is 11.1. The topological polar surface area (TPSA) is 79.4 Å². The van der Waals surface area contributed by atoms with Crippen molar-refractivity contribution < 1.29 is 32.6 Å². The normalized spacial score (nSPS) is 16.2. The van der Waals surface area contributed by atoms with Crippen molar-refractivity contribution in [3.63, 3.8) is 0 Å². The fourth-order valence-corrected chi connectivity index (χ4v) is 7.81. The summed E-state index contributed by atoms with van der Waals surface area (Å²) in [5.74, 6) is -1.35. The summed E-state index contributed by atoms with van der Waals surface area (Å²) in [6.45, 7) is 5.58. The number of hydrogen-bond acceptors (Lipinski definition) is 6. The number of amides is 3. The summed E-state index contributed by atoms with van der Waals surface area (Å²) < 4.78 is 41.0. The van der Waals surface area contributed by atoms with Crippen LogP contribution in [0.1, 0.15) is 72.0 Å². The molecule has 8 nitrogen and oxygen atoms in total. The van der Waals surface area contributed by atoms with Gasteiger partial charge in [-0.2, -0.15) is 0 Å². The molecule has 0 aliphatic heterocycles. The molecule has 5 rings (SSSR count). The van der Waals surface area contributed by atoms with Crippen molar-refractivity contribution in [2.45, 2.75) is 70.7 Å². The molecule has 0 saturated heterocycles. The van der Waals surface area contributed by atoms with Gasteiger partial charge in [0.2, 0.25) is 0 Å². The van der Waals surface area contributed by atoms with Crippen molar-refractivity contribution in [2.75, 3.05) is 28.3 Å². The first-order valence-electron chi connectivity index (χ1n) is 16.4. The van der Waals surface area contributed by atoms with Gasteiger partial charge in [0.05, 0.1) is 22.2 Å². The highest BCUT2D eigenvalue weighted by Gasteiger charge is 2.35. The lowest BCUT2D eigenvalue weighted by Crippen LogP contribution is -2.47. The van der Waals surface area contributed by atoms with Crippen molar-refractivity contribution >= 4 is 50.9 Å². The van der Waals surface area contributed by atoms with Crippen LogP contribution in [-0.2, 0) is 11.3 Å². The summed E-state index contributed by atoms with van der Waals surface area (Å²) in [7, 11) is 6.67. The number of thiophene rings is 1. The third-order valence-electron chi connectivity index (χ3n) is 8.97. The Balaban J connectivity index is 1.49. The molecule has 1 heterocycles. The van der Waals surface area contributed by atoms with Crippen molar-refractivity contribution in [1.29, 1.82) is 0 Å². The molecule has 0 unspecified atom stereocenters. The second-order valence-electron chi connectivity index (χ2n) is 13.8. The van der Waals surface area contributed by atoms with Gasteiger partial charge in [-0.25, -0.2) is 13.6 Å². The molecule has 0 radical (unpaired) electrons. The fraction of sp³-hybridized carbons (Fsp3) is 0.395. The van der Waals surface area contributed by atoms with E-state index in [0.717, 1.165) is 40.2 Å². The lowest BCUT2D eigenvalue weighted by molar-refractivity contribution is 0.0144. The summed E-state index contributed by atoms with van der Waals surface area (Å²) >= 11 is 7.47. The summed E-state index contributed by atoms with van der Waals surface area (Å²) in [4.78, 5) is 44.6. The molecule has 1 aromatic heterocycles. The Morgan fingerprint density at radius 3 is 2.04 bits per heavy atom. The molecular formula is C38H42ClF2N3O5S. The molecule has 266 valence electrons. The molecule has 1 saturated carbocycles. The first-order valence-corrected chi connectivity index (χ1v) is 17.6. The van der Waals surface area contributed by atoms with E-state index in [1.807, 2.05) is 51.1 Å². The second-order valence-corrected chi connectivity index (χ2v) is 15.2. The maximum atomic E-state index is 14.9. The average molecular weight is 726 g/mol. The Morgan fingerprint density at radius 1 is 0.860 bits per heavy atom. The smallest absolute Gasteiger partial charge is 0.410 e. The van der Waals surface area contributed by atoms with Crippen LogP contribution < -0.4 is 4.74 Å². The van der Waals surface area contributed by atoms with Crippen LogP contribution in [0.5, 0.6) is 5.75 Å². The molecule has 0 spiro atoms. The third kappa shape index (κ3) is 7.89. The summed E-state index contributed by atoms with van der Waals surface area (Å²) in [6, 6.07) is 14.6. The highest BCUT2D eigenvalue weighted by molar-refractivity contribution is 7.21. The molecule has 1 aliphatic carbocycles. The summed E-state index contributed by atoms with van der Waals surface area (Å²) in [6.07, 6.45) is 1.96. The number of rotatable bonds is 8. The molecule has 50 heavy (non-hydrogen) atoms. The van der Waals surface area contributed by atoms with E-state index in [-0.39, 0.29) is 44.5 Å². The van der Waals surface area contributed by atoms with Crippen LogP contribution in [0.3, 0.4) is 0 Å². The van der Waals surface area contributed by atoms with Gasteiger partial charge in [0.1, 0.15) is 27.9 Å². The number of ether oxygens (including phenoxy) is 2. The van der Waals surface area contributed by atoms with E-state index in [1.165, 1.54) is 4.90 Å². The molecule has 4 aromatic rings. The van der Waals surface area contributed by atoms with Crippen molar-refractivity contribution in [3.05, 3.63) is 87.3 Å². The third-order valence-corrected chi connectivity index (χ3v) is 10.6. The predicted octanol–water partition coefficient (Wildman–Crippen LogP) is 9.03. The number of nitrogens with zero attached hydrogens (tertiary/aromatic N) is 3. The average Bonchev–Trinajstić information content (AvgIpc) is 3.45. The number of hydrogen-bond donors (Lipinski definition) is 0. The van der Waals surface area contributed by atoms with Crippen LogP contribution >= 0.6 is 22.9 Å². The predicted molar refractivity (Wildman–Crippen MR) is 193 cm³/mol. The molecule has 0 atom stereocenters. The number of halogens is 3. The molecule has 12 heteroatoms. The van der Waals surface area contributed by atoms with Crippen LogP contribution in [-0.4, -0.2) is 78.5 Å². The van der Waals surface area contributed by atoms with Crippen molar-refractivity contribution in [1.82, 2.24) is 14.7 Å². The standard InChI is InChI=1S/C38H42ClF2N3O5S/c1-38(2,3)49-37(47)43(6)26-13-15-27(16-14-26)44(36(46)34-32(39)31-28(40)17-18-29(41)33(31)50-34)21-25-20-24(12-19-30(25)48-7)22-8-10-23(11-9-22)35(45)42(4)5/h8-12,17-20,26-27H,13-16,21H2,1-7H3/t26-,27-. The van der Waals surface area contributed by atoms with E-state index < -0.39 is 29.2 Å². The zero-order valence-corrected chi connectivity index (χ0v) is 30.9. The van der Waals surface area contributed by atoms with E-state index in [4.69, 9.17) is 21.1 Å². The van der Waals surface area contributed by atoms with E-state index in [2.05, 4.69) is 0 Å². The maximum Gasteiger partial charge on any atom is 0.410 e. The zero-order valence-electron chi connectivity index (χ0n) is 29.3. The summed E-state index contributed by atoms with van der Waals surface area (Å²) in [5, 5.41) is -0.234. The fourth-order valence-electron chi connectivity index (χ4n) is 6.30. The quantitative estimate of drug-likeness (QED) is 0.181. The molecule has 0 bridgehead atoms. The van der Waals surface area contributed by atoms with Crippen molar-refractivity contribution in [3.8, 4) is 16.9 Å². The minimum Gasteiger partial charge on any atom is -0.496 e. The number of fused-ring (bicyclic) bond motifs is 1. The van der Waals surface area contributed by atoms with Gasteiger partial charge in [0.25, 0.3) is 11.8 Å². The monoisotopic (exact) mass is 725 g/mol. The lowest BCUT2D eigenvalue weighted by atomic mass is 9.89. The second kappa shape index (κ2) is 14.9. The number of benzene rings is 3. The van der Waals surface area contributed by atoms with Gasteiger partial charge in [-0.1, -0.05) is 29.8 Å². The summed E-state index contributed by atoms with van der Waals surface area (Å²) in [5.41, 5.74) is 2.36. The molecule has 0 N–H and O–H groups in total. The first kappa shape index (κ1) is 37.0. The van der Waals surface area contributed by atoms with Crippen LogP contribution in [0.2, 0.25) is 5.02 Å². The SMILES string of the molecule is COc1ccc(-c2ccc(C(=O)N(C)C)cc2)cc1CN(C(=O)c1sc2c(F)ccc(F)c2c1Cl)[C@H]1CC[C@H](N(C)C(=O)OC(C)(C)C)CC1. The van der Waals surface area contributed by atoms with Crippen molar-refractivity contribution in [2.24, 2.45) is 0 Å². The van der Waals surface area contributed by atoms with E-state index in [0.29, 0.717) is 37.0 Å². The number of carbonyl (C=O) groups is 3. The molecule has 1 fully saturated rings. The van der Waals surface area contributed by atoms with Crippen LogP contribution in [0.25, 0.3) is 21.2 Å². The van der Waals surface area contributed by atoms with Gasteiger partial charge in [0.15, 0.2) is 0 Å². The number of methoxy groups -OCH3 is 1. The molecule has 3 amide bonds. The Hall–Kier alpha value is -4.22. The highest BCUT2D eigenvalue weighted by atomic mass is 35.5. The van der Waals surface area contributed by atoms with Gasteiger partial charge in [-0.3, -0.25) is 9.59 Å². The van der Waals surface area contributed by atoms with Crippen LogP contribution in [0.4, 0.5) is 13.6 Å². The lowest BCUT2D eigenvalue weighted by Gasteiger charge is -2.40. The zero-order chi connectivity index (χ0) is 36.5. The van der Waals surface area contributed by atoms with Gasteiger partial charge in [0, 0.05) is 50.9 Å². The minimum absolute atomic E-state index is 0.0169. The van der Waals surface area contributed by atoms with Gasteiger partial charge in [-0.05, 0) is 94.0 Å². The minimum atomic E-state index is -0.702. The Labute approximate surface area is 300 Å². The van der Waals surface area contributed by atoms with Crippen LogP contribution in [0, 0.1) is 11.6 Å². The van der Waals surface area contributed by atoms with Gasteiger partial charge in [-0.15, -0.1) is 11.3 Å². The van der Waals surface area contributed by atoms with E-state index in [1.54, 1.807) is 50.2 Å². The molecule has 1 aliphatic rings. The van der Waals surface area contributed by atoms with E-state index in [9.17, 15) is 23.2 Å². The highest BCUT2D eigenvalue weighted by Crippen LogP contribution is 2.41. The van der Waals surface area contributed by atoms with Gasteiger partial charge >= 0.3 is 6.09 Å². The first-order chi connectivity index (χ1) is 23.6. The van der Waals surface area contributed by atoms with Crippen LogP contribution in [0.15, 0.2) is 54.6 Å². The van der Waals surface area contributed by atoms with Gasteiger partial charge < -0.3 is 24.2 Å². The molecule has 3 aromatic carbocycles. The maximum absolute atomic E-state index is 14.9. The Morgan fingerprint density at radius 2 is 1.46 bits per heavy atom. The van der Waals surface area contributed by atoms with E-state index >= 15 is 0 Å². The number of carbonyl (C=O) groups excluding carboxylic acids is 3.